The average Bonchev–Trinajstić information content (AvgIpc) is 2.57. The monoisotopic (exact) mass is 353 g/mol. The van der Waals surface area contributed by atoms with Gasteiger partial charge in [0.15, 0.2) is 0 Å². The Hall–Kier alpha value is -1.59. The fraction of sp³-hybridized carbons (Fsp3) is 0.556. The molecule has 2 rings (SSSR count). The number of halogens is 1. The molecular formula is C18H28ClN3O2. The van der Waals surface area contributed by atoms with Crippen molar-refractivity contribution in [3.05, 3.63) is 35.9 Å². The molecule has 1 aliphatic heterocycles. The van der Waals surface area contributed by atoms with Gasteiger partial charge in [-0.25, -0.2) is 0 Å². The lowest BCUT2D eigenvalue weighted by molar-refractivity contribution is -0.134. The highest BCUT2D eigenvalue weighted by Gasteiger charge is 2.28. The van der Waals surface area contributed by atoms with Crippen molar-refractivity contribution in [2.75, 3.05) is 13.1 Å². The van der Waals surface area contributed by atoms with Gasteiger partial charge in [-0.05, 0) is 31.7 Å². The van der Waals surface area contributed by atoms with Crippen LogP contribution in [0.1, 0.15) is 44.6 Å². The fourth-order valence-electron chi connectivity index (χ4n) is 3.04. The smallest absolute Gasteiger partial charge is 0.236 e. The Morgan fingerprint density at radius 2 is 1.83 bits per heavy atom. The van der Waals surface area contributed by atoms with Crippen LogP contribution in [0.25, 0.3) is 0 Å². The van der Waals surface area contributed by atoms with Gasteiger partial charge in [-0.3, -0.25) is 9.59 Å². The van der Waals surface area contributed by atoms with Gasteiger partial charge >= 0.3 is 0 Å². The first kappa shape index (κ1) is 20.5. The van der Waals surface area contributed by atoms with Crippen LogP contribution in [-0.4, -0.2) is 41.9 Å². The summed E-state index contributed by atoms with van der Waals surface area (Å²) in [5.74, 6) is -0.00688. The Kier molecular flexibility index (Phi) is 8.22. The molecule has 2 atom stereocenters. The highest BCUT2D eigenvalue weighted by Crippen LogP contribution is 2.24. The summed E-state index contributed by atoms with van der Waals surface area (Å²) in [6.45, 7) is 5.10. The summed E-state index contributed by atoms with van der Waals surface area (Å²) in [5, 5.41) is 2.95. The maximum atomic E-state index is 12.8. The minimum atomic E-state index is -0.489. The van der Waals surface area contributed by atoms with E-state index in [9.17, 15) is 9.59 Å². The Bertz CT molecular complexity index is 528. The normalized spacial score (nSPS) is 17.5. The first-order valence-corrected chi connectivity index (χ1v) is 8.42. The minimum absolute atomic E-state index is 0. The first-order valence-electron chi connectivity index (χ1n) is 8.42. The molecule has 134 valence electrons. The van der Waals surface area contributed by atoms with Crippen molar-refractivity contribution in [1.82, 2.24) is 10.2 Å². The van der Waals surface area contributed by atoms with Crippen LogP contribution in [-0.2, 0) is 9.59 Å². The third kappa shape index (κ3) is 5.21. The topological polar surface area (TPSA) is 75.4 Å². The van der Waals surface area contributed by atoms with Gasteiger partial charge in [0.25, 0.3) is 0 Å². The van der Waals surface area contributed by atoms with Crippen molar-refractivity contribution in [2.45, 2.75) is 51.1 Å². The van der Waals surface area contributed by atoms with E-state index >= 15 is 0 Å². The van der Waals surface area contributed by atoms with Crippen LogP contribution in [0.2, 0.25) is 0 Å². The third-order valence-corrected chi connectivity index (χ3v) is 4.47. The number of nitrogens with one attached hydrogen (secondary N) is 1. The van der Waals surface area contributed by atoms with Crippen LogP contribution in [0.4, 0.5) is 0 Å². The molecule has 3 N–H and O–H groups in total. The van der Waals surface area contributed by atoms with E-state index in [-0.39, 0.29) is 36.2 Å². The van der Waals surface area contributed by atoms with Crippen molar-refractivity contribution >= 4 is 24.2 Å². The third-order valence-electron chi connectivity index (χ3n) is 4.47. The number of rotatable bonds is 5. The summed E-state index contributed by atoms with van der Waals surface area (Å²) in [7, 11) is 0. The molecule has 1 unspecified atom stereocenters. The molecule has 1 saturated heterocycles. The number of benzene rings is 1. The largest absolute Gasteiger partial charge is 0.352 e. The predicted octanol–water partition coefficient (Wildman–Crippen LogP) is 2.06. The molecule has 0 radical (unpaired) electrons. The molecule has 1 fully saturated rings. The zero-order valence-electron chi connectivity index (χ0n) is 14.4. The Morgan fingerprint density at radius 3 is 2.33 bits per heavy atom. The summed E-state index contributed by atoms with van der Waals surface area (Å²) >= 11 is 0. The summed E-state index contributed by atoms with van der Waals surface area (Å²) in [6.07, 6.45) is 2.37. The fourth-order valence-corrected chi connectivity index (χ4v) is 3.04. The van der Waals surface area contributed by atoms with E-state index < -0.39 is 6.04 Å². The lowest BCUT2D eigenvalue weighted by Crippen LogP contribution is -2.50. The van der Waals surface area contributed by atoms with Gasteiger partial charge in [0.1, 0.15) is 0 Å². The quantitative estimate of drug-likeness (QED) is 0.850. The maximum Gasteiger partial charge on any atom is 0.236 e. The Labute approximate surface area is 150 Å². The van der Waals surface area contributed by atoms with Gasteiger partial charge in [-0.15, -0.1) is 12.4 Å². The second-order valence-corrected chi connectivity index (χ2v) is 6.27. The Morgan fingerprint density at radius 1 is 1.25 bits per heavy atom. The van der Waals surface area contributed by atoms with Crippen LogP contribution in [0, 0.1) is 0 Å². The van der Waals surface area contributed by atoms with Gasteiger partial charge in [0.05, 0.1) is 12.0 Å². The SMILES string of the molecule is CCC(C(=O)N1CCC(NC(=O)[C@@H](C)N)CC1)c1ccccc1.Cl. The lowest BCUT2D eigenvalue weighted by atomic mass is 9.93. The van der Waals surface area contributed by atoms with E-state index in [0.29, 0.717) is 13.1 Å². The number of hydrogen-bond donors (Lipinski definition) is 2. The van der Waals surface area contributed by atoms with E-state index in [0.717, 1.165) is 24.8 Å². The molecule has 5 nitrogen and oxygen atoms in total. The molecule has 24 heavy (non-hydrogen) atoms. The number of nitrogens with two attached hydrogens (primary N) is 1. The second-order valence-electron chi connectivity index (χ2n) is 6.27. The van der Waals surface area contributed by atoms with Crippen LogP contribution >= 0.6 is 12.4 Å². The molecule has 0 bridgehead atoms. The molecule has 2 amide bonds. The summed E-state index contributed by atoms with van der Waals surface area (Å²) in [6, 6.07) is 9.57. The van der Waals surface area contributed by atoms with Crippen LogP contribution in [0.5, 0.6) is 0 Å². The molecule has 0 aromatic heterocycles. The molecule has 0 spiro atoms. The molecular weight excluding hydrogens is 326 g/mol. The number of likely N-dealkylation sites (tertiary alicyclic amines) is 1. The van der Waals surface area contributed by atoms with Crippen LogP contribution in [0.15, 0.2) is 30.3 Å². The van der Waals surface area contributed by atoms with Gasteiger partial charge in [-0.1, -0.05) is 37.3 Å². The highest BCUT2D eigenvalue weighted by atomic mass is 35.5. The number of hydrogen-bond acceptors (Lipinski definition) is 3. The summed E-state index contributed by atoms with van der Waals surface area (Å²) in [4.78, 5) is 26.4. The number of nitrogens with zero attached hydrogens (tertiary/aromatic N) is 1. The molecule has 1 aliphatic rings. The van der Waals surface area contributed by atoms with E-state index in [4.69, 9.17) is 5.73 Å². The van der Waals surface area contributed by atoms with Gasteiger partial charge in [-0.2, -0.15) is 0 Å². The van der Waals surface area contributed by atoms with Crippen molar-refractivity contribution in [1.29, 1.82) is 0 Å². The lowest BCUT2D eigenvalue weighted by Gasteiger charge is -2.34. The van der Waals surface area contributed by atoms with Gasteiger partial charge in [0.2, 0.25) is 11.8 Å². The molecule has 6 heteroatoms. The minimum Gasteiger partial charge on any atom is -0.352 e. The molecule has 1 aromatic carbocycles. The number of carbonyl (C=O) groups is 2. The molecule has 1 heterocycles. The zero-order chi connectivity index (χ0) is 16.8. The summed E-state index contributed by atoms with van der Waals surface area (Å²) < 4.78 is 0. The van der Waals surface area contributed by atoms with Crippen molar-refractivity contribution < 1.29 is 9.59 Å². The van der Waals surface area contributed by atoms with Crippen molar-refractivity contribution in [3.8, 4) is 0 Å². The van der Waals surface area contributed by atoms with Gasteiger partial charge < -0.3 is 16.0 Å². The predicted molar refractivity (Wildman–Crippen MR) is 98.1 cm³/mol. The Balaban J connectivity index is 0.00000288. The second kappa shape index (κ2) is 9.64. The van der Waals surface area contributed by atoms with Crippen molar-refractivity contribution in [3.63, 3.8) is 0 Å². The van der Waals surface area contributed by atoms with Gasteiger partial charge in [0, 0.05) is 19.1 Å². The average molecular weight is 354 g/mol. The van der Waals surface area contributed by atoms with Crippen LogP contribution in [0.3, 0.4) is 0 Å². The first-order chi connectivity index (χ1) is 11.0. The number of carbonyl (C=O) groups excluding carboxylic acids is 2. The number of piperidine rings is 1. The van der Waals surface area contributed by atoms with E-state index in [1.54, 1.807) is 6.92 Å². The van der Waals surface area contributed by atoms with E-state index in [2.05, 4.69) is 5.32 Å². The standard InChI is InChI=1S/C18H27N3O2.ClH/c1-3-16(14-7-5-4-6-8-14)18(23)21-11-9-15(10-12-21)20-17(22)13(2)19;/h4-8,13,15-16H,3,9-12,19H2,1-2H3,(H,20,22);1H/t13-,16?;/m1./s1. The highest BCUT2D eigenvalue weighted by molar-refractivity contribution is 5.85. The maximum absolute atomic E-state index is 12.8. The van der Waals surface area contributed by atoms with Crippen LogP contribution < -0.4 is 11.1 Å². The zero-order valence-corrected chi connectivity index (χ0v) is 15.2. The van der Waals surface area contributed by atoms with Crippen molar-refractivity contribution in [2.24, 2.45) is 5.73 Å². The molecule has 0 saturated carbocycles. The number of amides is 2. The van der Waals surface area contributed by atoms with E-state index in [1.165, 1.54) is 0 Å². The van der Waals surface area contributed by atoms with E-state index in [1.807, 2.05) is 42.2 Å². The molecule has 0 aliphatic carbocycles. The molecule has 1 aromatic rings. The summed E-state index contributed by atoms with van der Waals surface area (Å²) in [5.41, 5.74) is 6.65.